The van der Waals surface area contributed by atoms with E-state index >= 15 is 0 Å². The quantitative estimate of drug-likeness (QED) is 0.765. The van der Waals surface area contributed by atoms with Crippen molar-refractivity contribution in [2.24, 2.45) is 5.92 Å². The fourth-order valence-corrected chi connectivity index (χ4v) is 1.72. The summed E-state index contributed by atoms with van der Waals surface area (Å²) >= 11 is 0. The number of hydrogen-bond donors (Lipinski definition) is 1. The molecule has 2 heterocycles. The van der Waals surface area contributed by atoms with Crippen molar-refractivity contribution in [3.05, 3.63) is 30.7 Å². The predicted octanol–water partition coefficient (Wildman–Crippen LogP) is 3.11. The second-order valence-electron chi connectivity index (χ2n) is 4.83. The maximum Gasteiger partial charge on any atom is 0.194 e. The molecule has 2 rings (SSSR count). The minimum absolute atomic E-state index is 0.694. The van der Waals surface area contributed by atoms with Crippen LogP contribution in [0.25, 0.3) is 11.3 Å². The monoisotopic (exact) mass is 248 g/mol. The molecule has 0 aliphatic rings. The summed E-state index contributed by atoms with van der Waals surface area (Å²) in [5, 5.41) is 3.40. The molecular weight excluding hydrogens is 228 g/mol. The van der Waals surface area contributed by atoms with E-state index in [1.807, 2.05) is 6.07 Å². The Morgan fingerprint density at radius 2 is 2.28 bits per heavy atom. The van der Waals surface area contributed by atoms with Crippen molar-refractivity contribution in [1.82, 2.24) is 10.3 Å². The lowest BCUT2D eigenvalue weighted by atomic mass is 10.2. The molecule has 0 aromatic carbocycles. The van der Waals surface area contributed by atoms with Gasteiger partial charge in [-0.25, -0.2) is 4.98 Å². The van der Waals surface area contributed by atoms with Gasteiger partial charge in [-0.1, -0.05) is 13.8 Å². The minimum atomic E-state index is 0.694. The molecule has 98 valence electrons. The number of furan rings is 1. The topological polar surface area (TPSA) is 51.2 Å². The fraction of sp³-hybridized carbons (Fsp3) is 0.500. The first-order valence-electron chi connectivity index (χ1n) is 6.43. The van der Waals surface area contributed by atoms with Gasteiger partial charge in [0.1, 0.15) is 6.26 Å². The minimum Gasteiger partial charge on any atom is -0.472 e. The van der Waals surface area contributed by atoms with Crippen molar-refractivity contribution in [1.29, 1.82) is 0 Å². The van der Waals surface area contributed by atoms with Crippen LogP contribution in [0.5, 0.6) is 0 Å². The average molecular weight is 248 g/mol. The van der Waals surface area contributed by atoms with Gasteiger partial charge < -0.3 is 14.2 Å². The van der Waals surface area contributed by atoms with E-state index in [4.69, 9.17) is 8.83 Å². The lowest BCUT2D eigenvalue weighted by Crippen LogP contribution is -2.21. The van der Waals surface area contributed by atoms with Crippen molar-refractivity contribution >= 4 is 0 Å². The molecule has 0 bridgehead atoms. The van der Waals surface area contributed by atoms with E-state index in [-0.39, 0.29) is 0 Å². The Kier molecular flexibility index (Phi) is 4.59. The van der Waals surface area contributed by atoms with Crippen molar-refractivity contribution < 1.29 is 8.83 Å². The summed E-state index contributed by atoms with van der Waals surface area (Å²) in [6.07, 6.45) is 6.95. The number of aromatic nitrogens is 1. The third-order valence-electron chi connectivity index (χ3n) is 2.66. The molecule has 0 spiro atoms. The third kappa shape index (κ3) is 3.74. The first-order valence-corrected chi connectivity index (χ1v) is 6.43. The van der Waals surface area contributed by atoms with E-state index in [0.717, 1.165) is 43.1 Å². The molecule has 0 saturated carbocycles. The molecular formula is C14H20N2O2. The Bertz CT molecular complexity index is 446. The molecule has 18 heavy (non-hydrogen) atoms. The van der Waals surface area contributed by atoms with Crippen LogP contribution in [0, 0.1) is 5.92 Å². The number of nitrogens with zero attached hydrogens (tertiary/aromatic N) is 1. The van der Waals surface area contributed by atoms with Crippen LogP contribution < -0.4 is 5.32 Å². The lowest BCUT2D eigenvalue weighted by Gasteiger charge is -2.05. The van der Waals surface area contributed by atoms with Crippen LogP contribution in [0.4, 0.5) is 0 Å². The average Bonchev–Trinajstić information content (AvgIpc) is 2.98. The zero-order chi connectivity index (χ0) is 12.8. The molecule has 0 saturated heterocycles. The van der Waals surface area contributed by atoms with Gasteiger partial charge in [0, 0.05) is 6.42 Å². The van der Waals surface area contributed by atoms with Crippen LogP contribution in [0.2, 0.25) is 0 Å². The summed E-state index contributed by atoms with van der Waals surface area (Å²) in [5.74, 6) is 2.26. The summed E-state index contributed by atoms with van der Waals surface area (Å²) in [5.41, 5.74) is 0.937. The summed E-state index contributed by atoms with van der Waals surface area (Å²) in [6.45, 7) is 6.48. The fourth-order valence-electron chi connectivity index (χ4n) is 1.72. The molecule has 0 fully saturated rings. The van der Waals surface area contributed by atoms with E-state index in [2.05, 4.69) is 24.1 Å². The van der Waals surface area contributed by atoms with E-state index in [9.17, 15) is 0 Å². The highest BCUT2D eigenvalue weighted by atomic mass is 16.4. The first kappa shape index (κ1) is 12.9. The predicted molar refractivity (Wildman–Crippen MR) is 70.2 cm³/mol. The summed E-state index contributed by atoms with van der Waals surface area (Å²) in [6, 6.07) is 1.87. The van der Waals surface area contributed by atoms with E-state index in [0.29, 0.717) is 5.92 Å². The van der Waals surface area contributed by atoms with Crippen LogP contribution in [-0.4, -0.2) is 18.1 Å². The first-order chi connectivity index (χ1) is 8.75. The Labute approximate surface area is 107 Å². The molecule has 0 aliphatic heterocycles. The Hall–Kier alpha value is -1.55. The maximum atomic E-state index is 5.66. The van der Waals surface area contributed by atoms with Gasteiger partial charge in [-0.15, -0.1) is 0 Å². The number of hydrogen-bond acceptors (Lipinski definition) is 4. The zero-order valence-corrected chi connectivity index (χ0v) is 11.0. The summed E-state index contributed by atoms with van der Waals surface area (Å²) < 4.78 is 10.7. The van der Waals surface area contributed by atoms with E-state index in [1.54, 1.807) is 18.7 Å². The molecule has 4 heteroatoms. The number of aryl methyl sites for hydroxylation is 1. The molecule has 2 aromatic rings. The van der Waals surface area contributed by atoms with Gasteiger partial charge in [0.2, 0.25) is 0 Å². The Morgan fingerprint density at radius 1 is 1.39 bits per heavy atom. The third-order valence-corrected chi connectivity index (χ3v) is 2.66. The maximum absolute atomic E-state index is 5.66. The van der Waals surface area contributed by atoms with Crippen LogP contribution >= 0.6 is 0 Å². The Balaban J connectivity index is 1.74. The molecule has 0 unspecified atom stereocenters. The Morgan fingerprint density at radius 3 is 3.00 bits per heavy atom. The van der Waals surface area contributed by atoms with Gasteiger partial charge in [-0.3, -0.25) is 0 Å². The van der Waals surface area contributed by atoms with E-state index in [1.165, 1.54) is 0 Å². The second-order valence-corrected chi connectivity index (χ2v) is 4.83. The highest BCUT2D eigenvalue weighted by Crippen LogP contribution is 2.20. The normalized spacial score (nSPS) is 11.3. The molecule has 0 radical (unpaired) electrons. The zero-order valence-electron chi connectivity index (χ0n) is 11.0. The van der Waals surface area contributed by atoms with Gasteiger partial charge >= 0.3 is 0 Å². The summed E-state index contributed by atoms with van der Waals surface area (Å²) in [7, 11) is 0. The highest BCUT2D eigenvalue weighted by molar-refractivity contribution is 5.53. The van der Waals surface area contributed by atoms with Gasteiger partial charge in [0.15, 0.2) is 11.7 Å². The van der Waals surface area contributed by atoms with Crippen molar-refractivity contribution in [2.75, 3.05) is 13.1 Å². The smallest absolute Gasteiger partial charge is 0.194 e. The number of nitrogens with one attached hydrogen (secondary N) is 1. The van der Waals surface area contributed by atoms with Gasteiger partial charge in [-0.05, 0) is 31.5 Å². The molecule has 0 amide bonds. The van der Waals surface area contributed by atoms with Gasteiger partial charge in [-0.2, -0.15) is 0 Å². The highest BCUT2D eigenvalue weighted by Gasteiger charge is 2.06. The van der Waals surface area contributed by atoms with Crippen LogP contribution in [0.15, 0.2) is 33.6 Å². The molecule has 2 aromatic heterocycles. The van der Waals surface area contributed by atoms with Crippen molar-refractivity contribution in [3.63, 3.8) is 0 Å². The molecule has 4 nitrogen and oxygen atoms in total. The SMILES string of the molecule is CC(C)CNCCCc1ncc(-c2ccoc2)o1. The van der Waals surface area contributed by atoms with Gasteiger partial charge in [0.25, 0.3) is 0 Å². The van der Waals surface area contributed by atoms with Crippen LogP contribution in [-0.2, 0) is 6.42 Å². The van der Waals surface area contributed by atoms with Crippen molar-refractivity contribution in [2.45, 2.75) is 26.7 Å². The van der Waals surface area contributed by atoms with E-state index < -0.39 is 0 Å². The lowest BCUT2D eigenvalue weighted by molar-refractivity contribution is 0.482. The summed E-state index contributed by atoms with van der Waals surface area (Å²) in [4.78, 5) is 4.27. The standard InChI is InChI=1S/C14H20N2O2/c1-11(2)8-15-6-3-4-14-16-9-13(18-14)12-5-7-17-10-12/h5,7,9-11,15H,3-4,6,8H2,1-2H3. The van der Waals surface area contributed by atoms with Gasteiger partial charge in [0.05, 0.1) is 18.0 Å². The molecule has 0 atom stereocenters. The largest absolute Gasteiger partial charge is 0.472 e. The second kappa shape index (κ2) is 6.40. The van der Waals surface area contributed by atoms with Crippen LogP contribution in [0.3, 0.4) is 0 Å². The number of rotatable bonds is 7. The molecule has 1 N–H and O–H groups in total. The van der Waals surface area contributed by atoms with Crippen LogP contribution in [0.1, 0.15) is 26.2 Å². The van der Waals surface area contributed by atoms with Crippen molar-refractivity contribution in [3.8, 4) is 11.3 Å². The number of oxazole rings is 1. The molecule has 0 aliphatic carbocycles.